The molecule has 0 bridgehead atoms. The monoisotopic (exact) mass is 474 g/mol. The number of hydrogen-bond donors (Lipinski definition) is 0. The average Bonchev–Trinajstić information content (AvgIpc) is 3.35. The predicted molar refractivity (Wildman–Crippen MR) is 140 cm³/mol. The number of para-hydroxylation sites is 1. The second-order valence-corrected chi connectivity index (χ2v) is 8.58. The van der Waals surface area contributed by atoms with E-state index in [1.165, 1.54) is 0 Å². The van der Waals surface area contributed by atoms with E-state index in [9.17, 15) is 4.79 Å². The molecule has 2 aromatic heterocycles. The molecule has 0 saturated carbocycles. The summed E-state index contributed by atoms with van der Waals surface area (Å²) in [5.41, 5.74) is 4.77. The molecule has 0 spiro atoms. The van der Waals surface area contributed by atoms with Crippen LogP contribution in [-0.4, -0.2) is 19.3 Å². The molecule has 0 N–H and O–H groups in total. The largest absolute Gasteiger partial charge is 0.269 e. The number of hydrogen-bond acceptors (Lipinski definition) is 3. The molecule has 0 saturated heterocycles. The zero-order valence-corrected chi connectivity index (χ0v) is 19.3. The Morgan fingerprint density at radius 1 is 0.629 bits per heavy atom. The number of nitrogens with zero attached hydrogens (tertiary/aromatic N) is 4. The van der Waals surface area contributed by atoms with Gasteiger partial charge < -0.3 is 0 Å². The Morgan fingerprint density at radius 2 is 1.23 bits per heavy atom. The highest BCUT2D eigenvalue weighted by Crippen LogP contribution is 2.26. The molecule has 0 atom stereocenters. The van der Waals surface area contributed by atoms with Gasteiger partial charge in [0.05, 0.1) is 11.4 Å². The summed E-state index contributed by atoms with van der Waals surface area (Å²) in [6.45, 7) is 0. The smallest absolute Gasteiger partial charge is 0.268 e. The van der Waals surface area contributed by atoms with Gasteiger partial charge >= 0.3 is 0 Å². The van der Waals surface area contributed by atoms with Crippen LogP contribution in [0.4, 0.5) is 0 Å². The van der Waals surface area contributed by atoms with Crippen molar-refractivity contribution in [3.63, 3.8) is 0 Å². The Labute approximate surface area is 206 Å². The summed E-state index contributed by atoms with van der Waals surface area (Å²) in [5.74, 6) is 0.516. The van der Waals surface area contributed by atoms with Crippen molar-refractivity contribution in [3.8, 4) is 33.9 Å². The van der Waals surface area contributed by atoms with Crippen LogP contribution in [0.25, 0.3) is 44.9 Å². The molecule has 0 unspecified atom stereocenters. The molecule has 168 valence electrons. The zero-order chi connectivity index (χ0) is 23.8. The maximum absolute atomic E-state index is 13.8. The van der Waals surface area contributed by atoms with Crippen molar-refractivity contribution in [3.05, 3.63) is 131 Å². The molecule has 4 aromatic carbocycles. The van der Waals surface area contributed by atoms with Crippen LogP contribution in [0.15, 0.2) is 120 Å². The first-order chi connectivity index (χ1) is 17.2. The number of benzene rings is 4. The highest BCUT2D eigenvalue weighted by molar-refractivity contribution is 6.30. The van der Waals surface area contributed by atoms with Gasteiger partial charge in [-0.25, -0.2) is 9.67 Å². The van der Waals surface area contributed by atoms with Gasteiger partial charge in [-0.05, 0) is 47.5 Å². The van der Waals surface area contributed by atoms with Gasteiger partial charge in [-0.3, -0.25) is 9.36 Å². The van der Waals surface area contributed by atoms with E-state index in [-0.39, 0.29) is 5.56 Å². The minimum absolute atomic E-state index is 0.193. The number of fused-ring (bicyclic) bond motifs is 1. The Kier molecular flexibility index (Phi) is 5.24. The molecule has 2 heterocycles. The summed E-state index contributed by atoms with van der Waals surface area (Å²) in [5, 5.41) is 5.65. The molecule has 6 aromatic rings. The maximum atomic E-state index is 13.8. The third-order valence-electron chi connectivity index (χ3n) is 5.91. The molecular formula is C29H19ClN4O. The van der Waals surface area contributed by atoms with Crippen molar-refractivity contribution in [1.82, 2.24) is 19.3 Å². The highest BCUT2D eigenvalue weighted by atomic mass is 35.5. The van der Waals surface area contributed by atoms with E-state index in [0.717, 1.165) is 22.4 Å². The average molecular weight is 475 g/mol. The van der Waals surface area contributed by atoms with Crippen molar-refractivity contribution in [2.24, 2.45) is 0 Å². The fourth-order valence-electron chi connectivity index (χ4n) is 4.14. The summed E-state index contributed by atoms with van der Waals surface area (Å²) >= 11 is 6.12. The van der Waals surface area contributed by atoms with Gasteiger partial charge in [0.2, 0.25) is 0 Å². The van der Waals surface area contributed by atoms with Crippen LogP contribution in [0, 0.1) is 0 Å². The van der Waals surface area contributed by atoms with Gasteiger partial charge in [-0.2, -0.15) is 0 Å². The van der Waals surface area contributed by atoms with E-state index >= 15 is 0 Å². The summed E-state index contributed by atoms with van der Waals surface area (Å²) < 4.78 is 3.31. The third kappa shape index (κ3) is 3.92. The first-order valence-corrected chi connectivity index (χ1v) is 11.5. The Hall–Kier alpha value is -4.48. The van der Waals surface area contributed by atoms with Crippen LogP contribution in [0.5, 0.6) is 0 Å². The van der Waals surface area contributed by atoms with E-state index in [0.29, 0.717) is 27.6 Å². The van der Waals surface area contributed by atoms with E-state index in [2.05, 4.69) is 17.2 Å². The standard InChI is InChI=1S/C29H19ClN4O/c30-23-15-17-25(18-16-23)34-28(22-13-11-21(12-14-22)20-7-3-1-4-8-20)31-27-26(29(34)35)19-33(32-27)24-9-5-2-6-10-24/h1-19H. The normalized spacial score (nSPS) is 11.1. The van der Waals surface area contributed by atoms with Crippen LogP contribution < -0.4 is 5.56 Å². The molecule has 0 radical (unpaired) electrons. The first-order valence-electron chi connectivity index (χ1n) is 11.2. The summed E-state index contributed by atoms with van der Waals surface area (Å²) in [4.78, 5) is 18.6. The molecule has 0 aliphatic carbocycles. The van der Waals surface area contributed by atoms with E-state index in [1.807, 2.05) is 84.9 Å². The summed E-state index contributed by atoms with van der Waals surface area (Å²) in [6, 6.07) is 35.1. The van der Waals surface area contributed by atoms with Crippen LogP contribution in [-0.2, 0) is 0 Å². The SMILES string of the molecule is O=c1c2cn(-c3ccccc3)nc2nc(-c2ccc(-c3ccccc3)cc2)n1-c1ccc(Cl)cc1. The first kappa shape index (κ1) is 21.1. The molecule has 5 nitrogen and oxygen atoms in total. The second-order valence-electron chi connectivity index (χ2n) is 8.14. The van der Waals surface area contributed by atoms with Gasteiger partial charge in [0.1, 0.15) is 11.2 Å². The molecule has 0 amide bonds. The molecular weight excluding hydrogens is 456 g/mol. The van der Waals surface area contributed by atoms with Crippen LogP contribution in [0.1, 0.15) is 0 Å². The van der Waals surface area contributed by atoms with E-state index < -0.39 is 0 Å². The van der Waals surface area contributed by atoms with Crippen molar-refractivity contribution in [2.45, 2.75) is 0 Å². The number of halogens is 1. The number of rotatable bonds is 4. The lowest BCUT2D eigenvalue weighted by Crippen LogP contribution is -2.21. The molecule has 6 rings (SSSR count). The second kappa shape index (κ2) is 8.70. The summed E-state index contributed by atoms with van der Waals surface area (Å²) in [7, 11) is 0. The quantitative estimate of drug-likeness (QED) is 0.291. The molecule has 0 aliphatic rings. The third-order valence-corrected chi connectivity index (χ3v) is 6.16. The van der Waals surface area contributed by atoms with E-state index in [4.69, 9.17) is 16.6 Å². The Balaban J connectivity index is 1.56. The lowest BCUT2D eigenvalue weighted by atomic mass is 10.0. The highest BCUT2D eigenvalue weighted by Gasteiger charge is 2.18. The summed E-state index contributed by atoms with van der Waals surface area (Å²) in [6.07, 6.45) is 1.73. The minimum Gasteiger partial charge on any atom is -0.268 e. The molecule has 0 aliphatic heterocycles. The maximum Gasteiger partial charge on any atom is 0.269 e. The lowest BCUT2D eigenvalue weighted by Gasteiger charge is -2.13. The van der Waals surface area contributed by atoms with Gasteiger partial charge in [0, 0.05) is 16.8 Å². The molecule has 0 fully saturated rings. The van der Waals surface area contributed by atoms with Gasteiger partial charge in [-0.15, -0.1) is 5.10 Å². The Morgan fingerprint density at radius 3 is 1.91 bits per heavy atom. The van der Waals surface area contributed by atoms with Crippen molar-refractivity contribution >= 4 is 22.6 Å². The lowest BCUT2D eigenvalue weighted by molar-refractivity contribution is 0.888. The van der Waals surface area contributed by atoms with Gasteiger partial charge in [0.15, 0.2) is 5.65 Å². The van der Waals surface area contributed by atoms with Crippen molar-refractivity contribution in [2.75, 3.05) is 0 Å². The minimum atomic E-state index is -0.193. The van der Waals surface area contributed by atoms with Crippen molar-refractivity contribution in [1.29, 1.82) is 0 Å². The van der Waals surface area contributed by atoms with Crippen LogP contribution in [0.3, 0.4) is 0 Å². The number of aromatic nitrogens is 4. The Bertz CT molecular complexity index is 1690. The van der Waals surface area contributed by atoms with Crippen LogP contribution >= 0.6 is 11.6 Å². The van der Waals surface area contributed by atoms with Crippen LogP contribution in [0.2, 0.25) is 5.02 Å². The fraction of sp³-hybridized carbons (Fsp3) is 0. The van der Waals surface area contributed by atoms with Gasteiger partial charge in [-0.1, -0.05) is 84.4 Å². The zero-order valence-electron chi connectivity index (χ0n) is 18.5. The molecule has 6 heteroatoms. The topological polar surface area (TPSA) is 52.7 Å². The molecule has 35 heavy (non-hydrogen) atoms. The van der Waals surface area contributed by atoms with Crippen molar-refractivity contribution < 1.29 is 0 Å². The van der Waals surface area contributed by atoms with Gasteiger partial charge in [0.25, 0.3) is 5.56 Å². The fourth-order valence-corrected chi connectivity index (χ4v) is 4.27. The predicted octanol–water partition coefficient (Wildman–Crippen LogP) is 6.56. The van der Waals surface area contributed by atoms with E-state index in [1.54, 1.807) is 27.6 Å².